The number of rotatable bonds is 11. The largest absolute Gasteiger partial charge is 0.497 e. The Labute approximate surface area is 224 Å². The lowest BCUT2D eigenvalue weighted by Gasteiger charge is -2.32. The van der Waals surface area contributed by atoms with Gasteiger partial charge in [-0.05, 0) is 66.6 Å². The van der Waals surface area contributed by atoms with Gasteiger partial charge in [-0.2, -0.15) is 0 Å². The van der Waals surface area contributed by atoms with Crippen molar-refractivity contribution in [3.05, 3.63) is 99.1 Å². The van der Waals surface area contributed by atoms with Crippen LogP contribution in [-0.2, 0) is 20.9 Å². The molecule has 0 aliphatic rings. The first-order valence-corrected chi connectivity index (χ1v) is 12.4. The molecule has 194 valence electrons. The predicted octanol–water partition coefficient (Wildman–Crippen LogP) is 5.79. The number of benzene rings is 3. The van der Waals surface area contributed by atoms with Gasteiger partial charge in [-0.25, -0.2) is 0 Å². The smallest absolute Gasteiger partial charge is 0.321 e. The molecular weight excluding hydrogens is 518 g/mol. The van der Waals surface area contributed by atoms with E-state index in [4.69, 9.17) is 25.8 Å². The van der Waals surface area contributed by atoms with E-state index in [0.717, 1.165) is 11.8 Å². The fourth-order valence-electron chi connectivity index (χ4n) is 3.71. The number of nitro groups is 1. The molecule has 0 fully saturated rings. The second-order valence-corrected chi connectivity index (χ2v) is 9.79. The van der Waals surface area contributed by atoms with Crippen molar-refractivity contribution < 1.29 is 28.7 Å². The van der Waals surface area contributed by atoms with Crippen molar-refractivity contribution in [3.8, 4) is 11.5 Å². The Bertz CT molecular complexity index is 1230. The summed E-state index contributed by atoms with van der Waals surface area (Å²) in [6.07, 6.45) is 0. The Balaban J connectivity index is 1.97. The number of hydrogen-bond acceptors (Lipinski definition) is 8. The minimum Gasteiger partial charge on any atom is -0.497 e. The number of ether oxygens (including phenoxy) is 3. The summed E-state index contributed by atoms with van der Waals surface area (Å²) in [7, 11) is 3.07. The Morgan fingerprint density at radius 3 is 2.00 bits per heavy atom. The van der Waals surface area contributed by atoms with E-state index in [1.54, 1.807) is 79.9 Å². The van der Waals surface area contributed by atoms with E-state index < -0.39 is 33.9 Å². The summed E-state index contributed by atoms with van der Waals surface area (Å²) >= 11 is 6.83. The average molecular weight is 544 g/mol. The molecule has 37 heavy (non-hydrogen) atoms. The maximum absolute atomic E-state index is 13.8. The third kappa shape index (κ3) is 7.02. The number of halogens is 1. The highest BCUT2D eigenvalue weighted by molar-refractivity contribution is 8.13. The molecule has 2 unspecified atom stereocenters. The monoisotopic (exact) mass is 543 g/mol. The first kappa shape index (κ1) is 28.0. The fraction of sp³-hybridized carbons (Fsp3) is 0.259. The maximum atomic E-state index is 13.8. The van der Waals surface area contributed by atoms with Crippen LogP contribution in [0.4, 0.5) is 0 Å². The van der Waals surface area contributed by atoms with Crippen molar-refractivity contribution in [3.63, 3.8) is 0 Å². The molecule has 0 radical (unpaired) electrons. The number of hydrogen-bond donors (Lipinski definition) is 0. The number of thioether (sulfide) groups is 1. The van der Waals surface area contributed by atoms with Crippen LogP contribution in [0.2, 0.25) is 5.02 Å². The topological polar surface area (TPSA) is 105 Å². The normalized spacial score (nSPS) is 13.2. The van der Waals surface area contributed by atoms with Crippen molar-refractivity contribution >= 4 is 34.4 Å². The van der Waals surface area contributed by atoms with Crippen molar-refractivity contribution in [2.24, 2.45) is 5.41 Å². The molecule has 2 atom stereocenters. The number of carbonyl (C=O) groups excluding carboxylic acids is 2. The Kier molecular flexibility index (Phi) is 9.54. The van der Waals surface area contributed by atoms with Gasteiger partial charge in [-0.1, -0.05) is 47.6 Å². The molecule has 0 amide bonds. The minimum absolute atomic E-state index is 0.120. The second-order valence-electron chi connectivity index (χ2n) is 8.31. The summed E-state index contributed by atoms with van der Waals surface area (Å²) in [6.45, 7) is 0.611. The van der Waals surface area contributed by atoms with Crippen molar-refractivity contribution in [2.75, 3.05) is 20.8 Å². The second kappa shape index (κ2) is 12.6. The molecular formula is C27H26ClNO7S. The summed E-state index contributed by atoms with van der Waals surface area (Å²) in [5.74, 6) is -0.733. The summed E-state index contributed by atoms with van der Waals surface area (Å²) in [4.78, 5) is 39.1. The molecule has 0 aliphatic carbocycles. The van der Waals surface area contributed by atoms with Gasteiger partial charge < -0.3 is 14.2 Å². The molecule has 0 spiro atoms. The van der Waals surface area contributed by atoms with Gasteiger partial charge in [-0.3, -0.25) is 19.7 Å². The summed E-state index contributed by atoms with van der Waals surface area (Å²) in [5.41, 5.74) is -0.796. The lowest BCUT2D eigenvalue weighted by molar-refractivity contribution is -0.485. The first-order chi connectivity index (χ1) is 17.7. The lowest BCUT2D eigenvalue weighted by atomic mass is 9.74. The first-order valence-electron chi connectivity index (χ1n) is 11.2. The highest BCUT2D eigenvalue weighted by Crippen LogP contribution is 2.43. The molecule has 3 aromatic carbocycles. The van der Waals surface area contributed by atoms with E-state index in [-0.39, 0.29) is 6.61 Å². The van der Waals surface area contributed by atoms with Gasteiger partial charge in [0, 0.05) is 14.8 Å². The number of carbonyl (C=O) groups is 2. The van der Waals surface area contributed by atoms with Crippen LogP contribution < -0.4 is 9.47 Å². The zero-order valence-electron chi connectivity index (χ0n) is 20.5. The minimum atomic E-state index is -1.89. The molecule has 0 heterocycles. The molecule has 3 rings (SSSR count). The Morgan fingerprint density at radius 2 is 1.49 bits per heavy atom. The average Bonchev–Trinajstić information content (AvgIpc) is 2.91. The van der Waals surface area contributed by atoms with Crippen LogP contribution in [0.1, 0.15) is 24.0 Å². The van der Waals surface area contributed by atoms with Crippen LogP contribution in [0.25, 0.3) is 0 Å². The van der Waals surface area contributed by atoms with Gasteiger partial charge >= 0.3 is 5.97 Å². The lowest BCUT2D eigenvalue weighted by Crippen LogP contribution is -2.44. The van der Waals surface area contributed by atoms with Gasteiger partial charge in [-0.15, -0.1) is 0 Å². The number of methoxy groups -OCH3 is 2. The van der Waals surface area contributed by atoms with Crippen LogP contribution in [0.3, 0.4) is 0 Å². The molecule has 0 N–H and O–H groups in total. The van der Waals surface area contributed by atoms with E-state index in [1.807, 2.05) is 0 Å². The molecule has 8 nitrogen and oxygen atoms in total. The maximum Gasteiger partial charge on any atom is 0.321 e. The SMILES string of the molecule is COc1ccc(COC(=O)C(C)(C(=O)Sc2ccc(OC)cc2)C(C[N+](=O)[O-])c2ccc(Cl)cc2)cc1. The molecule has 0 aliphatic heterocycles. The van der Waals surface area contributed by atoms with E-state index >= 15 is 0 Å². The van der Waals surface area contributed by atoms with Crippen LogP contribution in [0, 0.1) is 15.5 Å². The van der Waals surface area contributed by atoms with Crippen LogP contribution in [0.15, 0.2) is 77.7 Å². The molecule has 0 saturated heterocycles. The third-order valence-electron chi connectivity index (χ3n) is 5.95. The van der Waals surface area contributed by atoms with Gasteiger partial charge in [0.15, 0.2) is 0 Å². The van der Waals surface area contributed by atoms with E-state index in [9.17, 15) is 19.7 Å². The van der Waals surface area contributed by atoms with Crippen molar-refractivity contribution in [2.45, 2.75) is 24.3 Å². The number of esters is 1. The van der Waals surface area contributed by atoms with Gasteiger partial charge in [0.05, 0.1) is 20.1 Å². The Hall–Kier alpha value is -3.56. The standard InChI is InChI=1S/C27H26ClNO7S/c1-27(26(31)37-23-14-12-22(35-3)13-15-23,24(16-29(32)33)19-6-8-20(28)9-7-19)25(30)36-17-18-4-10-21(34-2)11-5-18/h4-15,24H,16-17H2,1-3H3. The van der Waals surface area contributed by atoms with Crippen LogP contribution >= 0.6 is 23.4 Å². The zero-order chi connectivity index (χ0) is 27.0. The van der Waals surface area contributed by atoms with Gasteiger partial charge in [0.2, 0.25) is 11.7 Å². The highest BCUT2D eigenvalue weighted by Gasteiger charge is 2.52. The quantitative estimate of drug-likeness (QED) is 0.0984. The summed E-state index contributed by atoms with van der Waals surface area (Å²) in [6, 6.07) is 19.9. The van der Waals surface area contributed by atoms with Crippen molar-refractivity contribution in [1.29, 1.82) is 0 Å². The molecule has 10 heteroatoms. The zero-order valence-corrected chi connectivity index (χ0v) is 22.1. The van der Waals surface area contributed by atoms with Gasteiger partial charge in [0.1, 0.15) is 23.5 Å². The highest BCUT2D eigenvalue weighted by atomic mass is 35.5. The van der Waals surface area contributed by atoms with E-state index in [2.05, 4.69) is 0 Å². The van der Waals surface area contributed by atoms with E-state index in [0.29, 0.717) is 32.5 Å². The third-order valence-corrected chi connectivity index (χ3v) is 7.32. The van der Waals surface area contributed by atoms with E-state index in [1.165, 1.54) is 14.0 Å². The predicted molar refractivity (Wildman–Crippen MR) is 141 cm³/mol. The van der Waals surface area contributed by atoms with Crippen LogP contribution in [0.5, 0.6) is 11.5 Å². The molecule has 0 bridgehead atoms. The summed E-state index contributed by atoms with van der Waals surface area (Å²) < 4.78 is 15.9. The molecule has 0 aromatic heterocycles. The Morgan fingerprint density at radius 1 is 0.946 bits per heavy atom. The molecule has 3 aromatic rings. The molecule has 0 saturated carbocycles. The van der Waals surface area contributed by atoms with Gasteiger partial charge in [0.25, 0.3) is 0 Å². The fourth-order valence-corrected chi connectivity index (χ4v) is 4.76. The summed E-state index contributed by atoms with van der Waals surface area (Å²) in [5, 5.41) is 11.5. The van der Waals surface area contributed by atoms with Crippen LogP contribution in [-0.4, -0.2) is 36.8 Å². The number of nitrogens with zero attached hydrogens (tertiary/aromatic N) is 1. The van der Waals surface area contributed by atoms with Crippen molar-refractivity contribution in [1.82, 2.24) is 0 Å².